The minimum absolute atomic E-state index is 0.0764. The molecule has 116 valence electrons. The fourth-order valence-electron chi connectivity index (χ4n) is 2.48. The van der Waals surface area contributed by atoms with Crippen molar-refractivity contribution in [2.24, 2.45) is 0 Å². The first-order valence-electron chi connectivity index (χ1n) is 7.47. The van der Waals surface area contributed by atoms with Crippen molar-refractivity contribution in [2.75, 3.05) is 11.1 Å². The highest BCUT2D eigenvalue weighted by Gasteiger charge is 2.15. The van der Waals surface area contributed by atoms with Crippen molar-refractivity contribution < 1.29 is 4.79 Å². The number of nitrogen functional groups attached to an aromatic ring is 1. The molecule has 2 aromatic rings. The molecule has 0 saturated heterocycles. The molecule has 0 aliphatic heterocycles. The number of hydrogen-bond donors (Lipinski definition) is 2. The maximum atomic E-state index is 12.4. The molecule has 0 aliphatic carbocycles. The molecule has 0 atom stereocenters. The second-order valence-corrected chi connectivity index (χ2v) is 6.83. The maximum Gasteiger partial charge on any atom is 0.255 e. The molecule has 0 saturated carbocycles. The standard InChI is InChI=1S/C19H24N2O/c1-12-10-13(2)17(16(20)11-12)21-18(22)14-6-8-15(9-7-14)19(3,4)5/h6-11H,20H2,1-5H3,(H,21,22). The molecule has 0 aromatic heterocycles. The van der Waals surface area contributed by atoms with Gasteiger partial charge in [0.05, 0.1) is 11.4 Å². The Morgan fingerprint density at radius 3 is 2.14 bits per heavy atom. The molecule has 22 heavy (non-hydrogen) atoms. The van der Waals surface area contributed by atoms with Crippen LogP contribution >= 0.6 is 0 Å². The van der Waals surface area contributed by atoms with E-state index in [2.05, 4.69) is 26.1 Å². The van der Waals surface area contributed by atoms with Crippen LogP contribution in [0.5, 0.6) is 0 Å². The first kappa shape index (κ1) is 16.1. The zero-order valence-corrected chi connectivity index (χ0v) is 13.9. The predicted molar refractivity (Wildman–Crippen MR) is 93.4 cm³/mol. The van der Waals surface area contributed by atoms with E-state index in [-0.39, 0.29) is 11.3 Å². The Morgan fingerprint density at radius 2 is 1.64 bits per heavy atom. The molecule has 3 nitrogen and oxygen atoms in total. The van der Waals surface area contributed by atoms with Crippen molar-refractivity contribution in [1.29, 1.82) is 0 Å². The lowest BCUT2D eigenvalue weighted by molar-refractivity contribution is 0.102. The molecule has 0 unspecified atom stereocenters. The molecule has 1 amide bonds. The van der Waals surface area contributed by atoms with Gasteiger partial charge in [0, 0.05) is 5.56 Å². The van der Waals surface area contributed by atoms with Gasteiger partial charge in [0.1, 0.15) is 0 Å². The van der Waals surface area contributed by atoms with Gasteiger partial charge in [-0.2, -0.15) is 0 Å². The van der Waals surface area contributed by atoms with Crippen LogP contribution in [0.3, 0.4) is 0 Å². The number of rotatable bonds is 2. The molecular formula is C19H24N2O. The summed E-state index contributed by atoms with van der Waals surface area (Å²) in [6.45, 7) is 10.4. The summed E-state index contributed by atoms with van der Waals surface area (Å²) in [4.78, 5) is 12.4. The maximum absolute atomic E-state index is 12.4. The van der Waals surface area contributed by atoms with E-state index in [1.54, 1.807) is 0 Å². The number of amides is 1. The van der Waals surface area contributed by atoms with Crippen molar-refractivity contribution in [2.45, 2.75) is 40.0 Å². The molecule has 0 fully saturated rings. The van der Waals surface area contributed by atoms with Gasteiger partial charge < -0.3 is 11.1 Å². The summed E-state index contributed by atoms with van der Waals surface area (Å²) in [6.07, 6.45) is 0. The fraction of sp³-hybridized carbons (Fsp3) is 0.316. The molecule has 0 aliphatic rings. The van der Waals surface area contributed by atoms with Crippen LogP contribution in [-0.4, -0.2) is 5.91 Å². The van der Waals surface area contributed by atoms with Gasteiger partial charge in [0.25, 0.3) is 5.91 Å². The smallest absolute Gasteiger partial charge is 0.255 e. The Hall–Kier alpha value is -2.29. The number of nitrogens with two attached hydrogens (primary N) is 1. The summed E-state index contributed by atoms with van der Waals surface area (Å²) in [7, 11) is 0. The lowest BCUT2D eigenvalue weighted by Crippen LogP contribution is -2.15. The highest BCUT2D eigenvalue weighted by Crippen LogP contribution is 2.26. The number of carbonyl (C=O) groups excluding carboxylic acids is 1. The SMILES string of the molecule is Cc1cc(C)c(NC(=O)c2ccc(C(C)(C)C)cc2)c(N)c1. The predicted octanol–water partition coefficient (Wildman–Crippen LogP) is 4.44. The third kappa shape index (κ3) is 3.48. The van der Waals surface area contributed by atoms with Crippen molar-refractivity contribution in [1.82, 2.24) is 0 Å². The fourth-order valence-corrected chi connectivity index (χ4v) is 2.48. The summed E-state index contributed by atoms with van der Waals surface area (Å²) in [5.41, 5.74) is 11.3. The van der Waals surface area contributed by atoms with E-state index >= 15 is 0 Å². The van der Waals surface area contributed by atoms with Crippen LogP contribution in [0.2, 0.25) is 0 Å². The third-order valence-corrected chi connectivity index (χ3v) is 3.76. The summed E-state index contributed by atoms with van der Waals surface area (Å²) in [5, 5.41) is 2.92. The van der Waals surface area contributed by atoms with E-state index in [1.807, 2.05) is 50.2 Å². The number of aryl methyl sites for hydroxylation is 2. The van der Waals surface area contributed by atoms with Crippen molar-refractivity contribution in [3.05, 3.63) is 58.7 Å². The van der Waals surface area contributed by atoms with E-state index in [0.29, 0.717) is 16.9 Å². The summed E-state index contributed by atoms with van der Waals surface area (Å²) in [6, 6.07) is 11.6. The zero-order chi connectivity index (χ0) is 16.5. The van der Waals surface area contributed by atoms with Gasteiger partial charge in [0.15, 0.2) is 0 Å². The van der Waals surface area contributed by atoms with Gasteiger partial charge in [0.2, 0.25) is 0 Å². The van der Waals surface area contributed by atoms with E-state index in [4.69, 9.17) is 5.73 Å². The number of carbonyl (C=O) groups is 1. The van der Waals surface area contributed by atoms with Crippen LogP contribution < -0.4 is 11.1 Å². The molecule has 0 spiro atoms. The molecule has 3 N–H and O–H groups in total. The monoisotopic (exact) mass is 296 g/mol. The quantitative estimate of drug-likeness (QED) is 0.805. The third-order valence-electron chi connectivity index (χ3n) is 3.76. The van der Waals surface area contributed by atoms with Crippen LogP contribution in [0.4, 0.5) is 11.4 Å². The minimum Gasteiger partial charge on any atom is -0.397 e. The zero-order valence-electron chi connectivity index (χ0n) is 13.9. The average molecular weight is 296 g/mol. The first-order valence-corrected chi connectivity index (χ1v) is 7.47. The van der Waals surface area contributed by atoms with E-state index < -0.39 is 0 Å². The highest BCUT2D eigenvalue weighted by atomic mass is 16.1. The Balaban J connectivity index is 2.23. The van der Waals surface area contributed by atoms with Crippen LogP contribution in [0.1, 0.15) is 47.8 Å². The van der Waals surface area contributed by atoms with Gasteiger partial charge in [-0.1, -0.05) is 39.0 Å². The molecule has 2 aromatic carbocycles. The van der Waals surface area contributed by atoms with Gasteiger partial charge in [-0.15, -0.1) is 0 Å². The molecule has 0 bridgehead atoms. The molecular weight excluding hydrogens is 272 g/mol. The molecule has 3 heteroatoms. The molecule has 0 heterocycles. The normalized spacial score (nSPS) is 11.3. The first-order chi connectivity index (χ1) is 10.2. The largest absolute Gasteiger partial charge is 0.397 e. The van der Waals surface area contributed by atoms with Gasteiger partial charge in [-0.3, -0.25) is 4.79 Å². The van der Waals surface area contributed by atoms with Crippen LogP contribution in [0.15, 0.2) is 36.4 Å². The van der Waals surface area contributed by atoms with E-state index in [1.165, 1.54) is 5.56 Å². The van der Waals surface area contributed by atoms with Gasteiger partial charge in [-0.05, 0) is 54.2 Å². The number of hydrogen-bond acceptors (Lipinski definition) is 2. The van der Waals surface area contributed by atoms with Crippen LogP contribution in [0, 0.1) is 13.8 Å². The molecule has 0 radical (unpaired) electrons. The number of nitrogens with one attached hydrogen (secondary N) is 1. The Labute approximate surface area is 132 Å². The van der Waals surface area contributed by atoms with E-state index in [0.717, 1.165) is 11.1 Å². The Kier molecular flexibility index (Phi) is 4.27. The Bertz CT molecular complexity index is 671. The Morgan fingerprint density at radius 1 is 1.05 bits per heavy atom. The van der Waals surface area contributed by atoms with E-state index in [9.17, 15) is 4.79 Å². The summed E-state index contributed by atoms with van der Waals surface area (Å²) < 4.78 is 0. The number of anilines is 2. The van der Waals surface area contributed by atoms with Crippen LogP contribution in [-0.2, 0) is 5.41 Å². The summed E-state index contributed by atoms with van der Waals surface area (Å²) >= 11 is 0. The molecule has 2 rings (SSSR count). The van der Waals surface area contributed by atoms with Crippen LogP contribution in [0.25, 0.3) is 0 Å². The second kappa shape index (κ2) is 5.84. The highest BCUT2D eigenvalue weighted by molar-refractivity contribution is 6.06. The lowest BCUT2D eigenvalue weighted by Gasteiger charge is -2.19. The second-order valence-electron chi connectivity index (χ2n) is 6.83. The average Bonchev–Trinajstić information content (AvgIpc) is 2.41. The van der Waals surface area contributed by atoms with Crippen molar-refractivity contribution in [3.8, 4) is 0 Å². The van der Waals surface area contributed by atoms with Crippen molar-refractivity contribution in [3.63, 3.8) is 0 Å². The van der Waals surface area contributed by atoms with Gasteiger partial charge >= 0.3 is 0 Å². The lowest BCUT2D eigenvalue weighted by atomic mass is 9.86. The summed E-state index contributed by atoms with van der Waals surface area (Å²) in [5.74, 6) is -0.140. The minimum atomic E-state index is -0.140. The number of benzene rings is 2. The van der Waals surface area contributed by atoms with Gasteiger partial charge in [-0.25, -0.2) is 0 Å². The topological polar surface area (TPSA) is 55.1 Å². The van der Waals surface area contributed by atoms with Crippen molar-refractivity contribution >= 4 is 17.3 Å².